The zero-order valence-corrected chi connectivity index (χ0v) is 4.07. The molecule has 7 heavy (non-hydrogen) atoms. The van der Waals surface area contributed by atoms with Gasteiger partial charge in [0.25, 0.3) is 0 Å². The summed E-state index contributed by atoms with van der Waals surface area (Å²) in [5.41, 5.74) is 0. The molecule has 4 nitrogen and oxygen atoms in total. The lowest BCUT2D eigenvalue weighted by Gasteiger charge is -2.10. The second-order valence-corrected chi connectivity index (χ2v) is 1.21. The number of rotatable bonds is 2. The highest BCUT2D eigenvalue weighted by atomic mass is 16.8. The SMILES string of the molecule is CCC(O)N(O)O. The molecule has 3 N–H and O–H groups in total. The Morgan fingerprint density at radius 2 is 2.00 bits per heavy atom. The van der Waals surface area contributed by atoms with Gasteiger partial charge in [-0.2, -0.15) is 0 Å². The summed E-state index contributed by atoms with van der Waals surface area (Å²) >= 11 is 0. The van der Waals surface area contributed by atoms with Crippen LogP contribution >= 0.6 is 0 Å². The Hall–Kier alpha value is -0.160. The first-order valence-corrected chi connectivity index (χ1v) is 2.03. The van der Waals surface area contributed by atoms with E-state index in [-0.39, 0.29) is 5.23 Å². The first kappa shape index (κ1) is 6.84. The number of hydrogen-bond donors (Lipinski definition) is 3. The van der Waals surface area contributed by atoms with Crippen LogP contribution in [-0.4, -0.2) is 27.0 Å². The third-order valence-electron chi connectivity index (χ3n) is 0.632. The Balaban J connectivity index is 3.14. The highest BCUT2D eigenvalue weighted by Gasteiger charge is 2.04. The van der Waals surface area contributed by atoms with Crippen LogP contribution in [0.25, 0.3) is 0 Å². The van der Waals surface area contributed by atoms with Crippen molar-refractivity contribution >= 4 is 0 Å². The van der Waals surface area contributed by atoms with Crippen LogP contribution < -0.4 is 0 Å². The summed E-state index contributed by atoms with van der Waals surface area (Å²) in [5.74, 6) is 0. The predicted molar refractivity (Wildman–Crippen MR) is 21.7 cm³/mol. The molecule has 44 valence electrons. The van der Waals surface area contributed by atoms with Crippen LogP contribution in [0.3, 0.4) is 0 Å². The zero-order valence-electron chi connectivity index (χ0n) is 4.07. The van der Waals surface area contributed by atoms with Crippen molar-refractivity contribution in [2.75, 3.05) is 0 Å². The third-order valence-corrected chi connectivity index (χ3v) is 0.632. The summed E-state index contributed by atoms with van der Waals surface area (Å²) < 4.78 is 0. The maximum atomic E-state index is 8.36. The molecule has 0 spiro atoms. The lowest BCUT2D eigenvalue weighted by atomic mass is 10.4. The second-order valence-electron chi connectivity index (χ2n) is 1.21. The van der Waals surface area contributed by atoms with Crippen LogP contribution in [0.15, 0.2) is 0 Å². The zero-order chi connectivity index (χ0) is 5.86. The number of hydroxylamine groups is 2. The molecule has 0 amide bonds. The minimum atomic E-state index is -1.15. The van der Waals surface area contributed by atoms with Crippen molar-refractivity contribution in [3.8, 4) is 0 Å². The van der Waals surface area contributed by atoms with E-state index in [4.69, 9.17) is 15.5 Å². The molecule has 0 aliphatic heterocycles. The van der Waals surface area contributed by atoms with E-state index in [9.17, 15) is 0 Å². The Labute approximate surface area is 41.5 Å². The van der Waals surface area contributed by atoms with E-state index in [0.29, 0.717) is 6.42 Å². The molecule has 0 aromatic rings. The molecule has 4 heteroatoms. The minimum absolute atomic E-state index is 0.222. The molecule has 0 bridgehead atoms. The van der Waals surface area contributed by atoms with Gasteiger partial charge in [-0.05, 0) is 11.6 Å². The molecule has 0 aliphatic rings. The van der Waals surface area contributed by atoms with Gasteiger partial charge in [0.1, 0.15) is 0 Å². The minimum Gasteiger partial charge on any atom is -0.374 e. The maximum absolute atomic E-state index is 8.36. The molecule has 0 radical (unpaired) electrons. The van der Waals surface area contributed by atoms with E-state index >= 15 is 0 Å². The van der Waals surface area contributed by atoms with Gasteiger partial charge in [-0.1, -0.05) is 6.92 Å². The summed E-state index contributed by atoms with van der Waals surface area (Å²) in [7, 11) is 0. The fourth-order valence-electron chi connectivity index (χ4n) is 0.163. The molecule has 0 heterocycles. The number of aliphatic hydroxyl groups excluding tert-OH is 1. The lowest BCUT2D eigenvalue weighted by Crippen LogP contribution is -2.27. The van der Waals surface area contributed by atoms with Gasteiger partial charge in [0.2, 0.25) is 0 Å². The molecule has 0 saturated carbocycles. The van der Waals surface area contributed by atoms with Gasteiger partial charge in [0.05, 0.1) is 0 Å². The lowest BCUT2D eigenvalue weighted by molar-refractivity contribution is -0.370. The first-order chi connectivity index (χ1) is 3.18. The van der Waals surface area contributed by atoms with E-state index < -0.39 is 6.23 Å². The van der Waals surface area contributed by atoms with Crippen molar-refractivity contribution in [1.82, 2.24) is 5.23 Å². The monoisotopic (exact) mass is 107 g/mol. The molecular weight excluding hydrogens is 98.0 g/mol. The molecule has 0 fully saturated rings. The second kappa shape index (κ2) is 2.92. The average Bonchev–Trinajstić information content (AvgIpc) is 1.65. The van der Waals surface area contributed by atoms with Gasteiger partial charge in [-0.25, -0.2) is 0 Å². The van der Waals surface area contributed by atoms with Gasteiger partial charge in [0, 0.05) is 0 Å². The molecule has 0 aliphatic carbocycles. The Morgan fingerprint density at radius 1 is 1.57 bits per heavy atom. The number of hydrogen-bond acceptors (Lipinski definition) is 4. The maximum Gasteiger partial charge on any atom is 0.156 e. The number of nitrogens with zero attached hydrogens (tertiary/aromatic N) is 1. The van der Waals surface area contributed by atoms with Crippen LogP contribution in [0.5, 0.6) is 0 Å². The van der Waals surface area contributed by atoms with Crippen LogP contribution in [-0.2, 0) is 0 Å². The van der Waals surface area contributed by atoms with Crippen molar-refractivity contribution in [3.05, 3.63) is 0 Å². The van der Waals surface area contributed by atoms with Crippen molar-refractivity contribution in [1.29, 1.82) is 0 Å². The molecule has 1 atom stereocenters. The van der Waals surface area contributed by atoms with Crippen molar-refractivity contribution in [2.24, 2.45) is 0 Å². The van der Waals surface area contributed by atoms with Crippen LogP contribution in [0, 0.1) is 0 Å². The molecule has 1 unspecified atom stereocenters. The van der Waals surface area contributed by atoms with Crippen LogP contribution in [0.2, 0.25) is 0 Å². The first-order valence-electron chi connectivity index (χ1n) is 2.03. The van der Waals surface area contributed by atoms with Gasteiger partial charge in [-0.15, -0.1) is 0 Å². The van der Waals surface area contributed by atoms with Crippen LogP contribution in [0.4, 0.5) is 0 Å². The molecule has 0 aromatic heterocycles. The van der Waals surface area contributed by atoms with Gasteiger partial charge in [0.15, 0.2) is 6.23 Å². The molecule has 0 saturated heterocycles. The Bertz CT molecular complexity index is 47.4. The van der Waals surface area contributed by atoms with E-state index in [2.05, 4.69) is 0 Å². The van der Waals surface area contributed by atoms with Gasteiger partial charge >= 0.3 is 0 Å². The quantitative estimate of drug-likeness (QED) is 0.337. The Morgan fingerprint density at radius 3 is 2.00 bits per heavy atom. The smallest absolute Gasteiger partial charge is 0.156 e. The number of aliphatic hydroxyl groups is 1. The standard InChI is InChI=1S/C3H9NO3/c1-2-3(5)4(6)7/h3,5-7H,2H2,1H3. The molecule has 0 aromatic carbocycles. The van der Waals surface area contributed by atoms with Crippen molar-refractivity contribution in [2.45, 2.75) is 19.6 Å². The fraction of sp³-hybridized carbons (Fsp3) is 1.00. The molecule has 0 rings (SSSR count). The van der Waals surface area contributed by atoms with Crippen LogP contribution in [0.1, 0.15) is 13.3 Å². The van der Waals surface area contributed by atoms with E-state index in [1.807, 2.05) is 0 Å². The largest absolute Gasteiger partial charge is 0.374 e. The topological polar surface area (TPSA) is 63.9 Å². The normalized spacial score (nSPS) is 15.0. The predicted octanol–water partition coefficient (Wildman–Crippen LogP) is -0.205. The van der Waals surface area contributed by atoms with E-state index in [1.165, 1.54) is 0 Å². The summed E-state index contributed by atoms with van der Waals surface area (Å²) in [5, 5.41) is 24.1. The van der Waals surface area contributed by atoms with E-state index in [1.54, 1.807) is 6.92 Å². The summed E-state index contributed by atoms with van der Waals surface area (Å²) in [6, 6.07) is 0. The van der Waals surface area contributed by atoms with Crippen molar-refractivity contribution in [3.63, 3.8) is 0 Å². The Kier molecular flexibility index (Phi) is 2.86. The van der Waals surface area contributed by atoms with Gasteiger partial charge < -0.3 is 5.11 Å². The summed E-state index contributed by atoms with van der Waals surface area (Å²) in [6.45, 7) is 1.63. The van der Waals surface area contributed by atoms with E-state index in [0.717, 1.165) is 0 Å². The van der Waals surface area contributed by atoms with Gasteiger partial charge in [-0.3, -0.25) is 10.4 Å². The fourth-order valence-corrected chi connectivity index (χ4v) is 0.163. The molecular formula is C3H9NO3. The average molecular weight is 107 g/mol. The third kappa shape index (κ3) is 2.52. The summed E-state index contributed by atoms with van der Waals surface area (Å²) in [6.07, 6.45) is -0.854. The summed E-state index contributed by atoms with van der Waals surface area (Å²) in [4.78, 5) is 0. The highest BCUT2D eigenvalue weighted by molar-refractivity contribution is 4.33. The highest BCUT2D eigenvalue weighted by Crippen LogP contribution is 1.89. The van der Waals surface area contributed by atoms with Crippen molar-refractivity contribution < 1.29 is 15.5 Å².